The van der Waals surface area contributed by atoms with Gasteiger partial charge in [0.05, 0.1) is 4.90 Å². The van der Waals surface area contributed by atoms with Crippen molar-refractivity contribution in [1.29, 1.82) is 0 Å². The van der Waals surface area contributed by atoms with Crippen LogP contribution >= 0.6 is 11.3 Å². The van der Waals surface area contributed by atoms with Crippen molar-refractivity contribution in [2.45, 2.75) is 32.2 Å². The molecule has 2 N–H and O–H groups in total. The van der Waals surface area contributed by atoms with Crippen LogP contribution in [0.1, 0.15) is 22.2 Å². The van der Waals surface area contributed by atoms with Crippen molar-refractivity contribution >= 4 is 27.0 Å². The Labute approximate surface area is 130 Å². The zero-order chi connectivity index (χ0) is 15.5. The number of sulfonamides is 1. The first kappa shape index (κ1) is 16.0. The van der Waals surface area contributed by atoms with E-state index in [4.69, 9.17) is 0 Å². The molecule has 0 aliphatic carbocycles. The van der Waals surface area contributed by atoms with Gasteiger partial charge < -0.3 is 5.32 Å². The van der Waals surface area contributed by atoms with Gasteiger partial charge in [-0.2, -0.15) is 0 Å². The summed E-state index contributed by atoms with van der Waals surface area (Å²) in [5, 5.41) is 3.31. The van der Waals surface area contributed by atoms with Gasteiger partial charge >= 0.3 is 0 Å². The summed E-state index contributed by atoms with van der Waals surface area (Å²) in [6.07, 6.45) is 0. The minimum absolute atomic E-state index is 0.290. The van der Waals surface area contributed by atoms with Crippen molar-refractivity contribution in [3.8, 4) is 0 Å². The molecule has 0 saturated carbocycles. The lowest BCUT2D eigenvalue weighted by molar-refractivity contribution is 0.584. The van der Waals surface area contributed by atoms with Crippen LogP contribution in [0, 0.1) is 13.8 Å². The van der Waals surface area contributed by atoms with Crippen molar-refractivity contribution in [1.82, 2.24) is 4.72 Å². The highest BCUT2D eigenvalue weighted by molar-refractivity contribution is 7.89. The third-order valence-electron chi connectivity index (χ3n) is 3.18. The van der Waals surface area contributed by atoms with Gasteiger partial charge in [-0.3, -0.25) is 0 Å². The summed E-state index contributed by atoms with van der Waals surface area (Å²) in [6, 6.07) is 8.99. The van der Waals surface area contributed by atoms with Gasteiger partial charge in [-0.1, -0.05) is 6.92 Å². The van der Waals surface area contributed by atoms with Crippen molar-refractivity contribution in [2.75, 3.05) is 11.9 Å². The van der Waals surface area contributed by atoms with E-state index in [0.29, 0.717) is 6.54 Å². The maximum atomic E-state index is 11.8. The Morgan fingerprint density at radius 2 is 1.81 bits per heavy atom. The Morgan fingerprint density at radius 1 is 1.14 bits per heavy atom. The minimum atomic E-state index is -3.37. The summed E-state index contributed by atoms with van der Waals surface area (Å²) in [5.74, 6) is 0. The molecular weight excluding hydrogens is 304 g/mol. The molecule has 0 spiro atoms. The van der Waals surface area contributed by atoms with E-state index in [-0.39, 0.29) is 4.90 Å². The van der Waals surface area contributed by atoms with Gasteiger partial charge in [0, 0.05) is 28.5 Å². The number of benzene rings is 1. The van der Waals surface area contributed by atoms with Gasteiger partial charge in [-0.25, -0.2) is 13.1 Å². The Kier molecular flexibility index (Phi) is 5.03. The molecule has 1 aromatic heterocycles. The smallest absolute Gasteiger partial charge is 0.240 e. The van der Waals surface area contributed by atoms with Crippen molar-refractivity contribution in [3.63, 3.8) is 0 Å². The van der Waals surface area contributed by atoms with E-state index < -0.39 is 10.0 Å². The van der Waals surface area contributed by atoms with Crippen LogP contribution in [0.4, 0.5) is 5.69 Å². The van der Waals surface area contributed by atoms with Crippen molar-refractivity contribution in [3.05, 3.63) is 45.6 Å². The first-order chi connectivity index (χ1) is 9.92. The summed E-state index contributed by atoms with van der Waals surface area (Å²) in [4.78, 5) is 2.89. The molecule has 0 saturated heterocycles. The van der Waals surface area contributed by atoms with Crippen LogP contribution in [0.5, 0.6) is 0 Å². The number of hydrogen-bond acceptors (Lipinski definition) is 4. The molecular formula is C15H20N2O2S2. The van der Waals surface area contributed by atoms with Crippen LogP contribution in [0.15, 0.2) is 35.2 Å². The summed E-state index contributed by atoms with van der Waals surface area (Å²) < 4.78 is 26.1. The highest BCUT2D eigenvalue weighted by Crippen LogP contribution is 2.22. The quantitative estimate of drug-likeness (QED) is 0.857. The first-order valence-corrected chi connectivity index (χ1v) is 9.12. The zero-order valence-electron chi connectivity index (χ0n) is 12.4. The third-order valence-corrected chi connectivity index (χ3v) is 5.90. The standard InChI is InChI=1S/C15H20N2O2S2/c1-4-17-21(18,19)15-7-5-13(6-8-15)16-10-14-9-11(2)12(3)20-14/h5-9,16-17H,4,10H2,1-3H3. The molecule has 0 amide bonds. The van der Waals surface area contributed by atoms with Gasteiger partial charge in [-0.05, 0) is 49.7 Å². The lowest BCUT2D eigenvalue weighted by Crippen LogP contribution is -2.23. The number of nitrogens with one attached hydrogen (secondary N) is 2. The van der Waals surface area contributed by atoms with Crippen LogP contribution in [-0.2, 0) is 16.6 Å². The second kappa shape index (κ2) is 6.60. The minimum Gasteiger partial charge on any atom is -0.380 e. The average molecular weight is 324 g/mol. The molecule has 2 rings (SSSR count). The number of hydrogen-bond donors (Lipinski definition) is 2. The second-order valence-corrected chi connectivity index (χ2v) is 7.94. The molecule has 0 unspecified atom stereocenters. The summed E-state index contributed by atoms with van der Waals surface area (Å²) in [6.45, 7) is 7.12. The van der Waals surface area contributed by atoms with Crippen molar-refractivity contribution in [2.24, 2.45) is 0 Å². The summed E-state index contributed by atoms with van der Waals surface area (Å²) >= 11 is 1.78. The third kappa shape index (κ3) is 4.06. The fourth-order valence-electron chi connectivity index (χ4n) is 1.95. The lowest BCUT2D eigenvalue weighted by atomic mass is 10.3. The lowest BCUT2D eigenvalue weighted by Gasteiger charge is -2.07. The van der Waals surface area contributed by atoms with E-state index >= 15 is 0 Å². The fourth-order valence-corrected chi connectivity index (χ4v) is 3.99. The Balaban J connectivity index is 2.03. The number of anilines is 1. The highest BCUT2D eigenvalue weighted by atomic mass is 32.2. The Morgan fingerprint density at radius 3 is 2.33 bits per heavy atom. The molecule has 0 fully saturated rings. The predicted octanol–water partition coefficient (Wildman–Crippen LogP) is 3.28. The van der Waals surface area contributed by atoms with Gasteiger partial charge in [-0.15, -0.1) is 11.3 Å². The predicted molar refractivity (Wildman–Crippen MR) is 88.4 cm³/mol. The molecule has 0 aliphatic rings. The van der Waals surface area contributed by atoms with Crippen LogP contribution in [-0.4, -0.2) is 15.0 Å². The van der Waals surface area contributed by atoms with E-state index in [2.05, 4.69) is 30.0 Å². The van der Waals surface area contributed by atoms with Gasteiger partial charge in [0.15, 0.2) is 0 Å². The van der Waals surface area contributed by atoms with Gasteiger partial charge in [0.25, 0.3) is 0 Å². The molecule has 0 bridgehead atoms. The average Bonchev–Trinajstić information content (AvgIpc) is 2.76. The fraction of sp³-hybridized carbons (Fsp3) is 0.333. The van der Waals surface area contributed by atoms with Gasteiger partial charge in [0.2, 0.25) is 10.0 Å². The van der Waals surface area contributed by atoms with Crippen LogP contribution in [0.3, 0.4) is 0 Å². The Bertz CT molecular complexity index is 684. The monoisotopic (exact) mass is 324 g/mol. The van der Waals surface area contributed by atoms with E-state index in [1.807, 2.05) is 0 Å². The maximum Gasteiger partial charge on any atom is 0.240 e. The largest absolute Gasteiger partial charge is 0.380 e. The molecule has 21 heavy (non-hydrogen) atoms. The van der Waals surface area contributed by atoms with Gasteiger partial charge in [0.1, 0.15) is 0 Å². The SMILES string of the molecule is CCNS(=O)(=O)c1ccc(NCc2cc(C)c(C)s2)cc1. The second-order valence-electron chi connectivity index (χ2n) is 4.83. The Hall–Kier alpha value is -1.37. The molecule has 1 aromatic carbocycles. The molecule has 1 heterocycles. The van der Waals surface area contributed by atoms with Crippen LogP contribution < -0.4 is 10.0 Å². The van der Waals surface area contributed by atoms with E-state index in [0.717, 1.165) is 12.2 Å². The first-order valence-electron chi connectivity index (χ1n) is 6.82. The number of aryl methyl sites for hydroxylation is 2. The molecule has 6 heteroatoms. The maximum absolute atomic E-state index is 11.8. The summed E-state index contributed by atoms with van der Waals surface area (Å²) in [5.41, 5.74) is 2.22. The topological polar surface area (TPSA) is 58.2 Å². The molecule has 0 atom stereocenters. The van der Waals surface area contributed by atoms with Crippen LogP contribution in [0.25, 0.3) is 0 Å². The van der Waals surface area contributed by atoms with E-state index in [1.54, 1.807) is 42.5 Å². The zero-order valence-corrected chi connectivity index (χ0v) is 14.1. The molecule has 0 aliphatic heterocycles. The van der Waals surface area contributed by atoms with E-state index in [1.165, 1.54) is 15.3 Å². The highest BCUT2D eigenvalue weighted by Gasteiger charge is 2.11. The molecule has 0 radical (unpaired) electrons. The number of rotatable bonds is 6. The van der Waals surface area contributed by atoms with Crippen molar-refractivity contribution < 1.29 is 8.42 Å². The van der Waals surface area contributed by atoms with E-state index in [9.17, 15) is 8.42 Å². The normalized spacial score (nSPS) is 11.6. The molecule has 2 aromatic rings. The number of thiophene rings is 1. The van der Waals surface area contributed by atoms with Crippen LogP contribution in [0.2, 0.25) is 0 Å². The summed E-state index contributed by atoms with van der Waals surface area (Å²) in [7, 11) is -3.37. The molecule has 114 valence electrons. The molecule has 4 nitrogen and oxygen atoms in total.